The molecule has 1 fully saturated rings. The molecule has 0 unspecified atom stereocenters. The number of hydrogen-bond acceptors (Lipinski definition) is 6. The molecule has 1 aliphatic rings. The van der Waals surface area contributed by atoms with Crippen molar-refractivity contribution in [3.8, 4) is 0 Å². The Morgan fingerprint density at radius 3 is 2.60 bits per heavy atom. The van der Waals surface area contributed by atoms with Crippen molar-refractivity contribution in [2.45, 2.75) is 19.0 Å². The average molecular weight is 216 g/mol. The van der Waals surface area contributed by atoms with Crippen LogP contribution in [0.25, 0.3) is 0 Å². The van der Waals surface area contributed by atoms with E-state index in [9.17, 15) is 14.4 Å². The molecule has 0 saturated carbocycles. The molecule has 7 nitrogen and oxygen atoms in total. The summed E-state index contributed by atoms with van der Waals surface area (Å²) < 4.78 is 8.90. The quantitative estimate of drug-likeness (QED) is 0.598. The predicted octanol–water partition coefficient (Wildman–Crippen LogP) is -1.15. The highest BCUT2D eigenvalue weighted by atomic mass is 16.6. The fraction of sp³-hybridized carbons (Fsp3) is 0.625. The van der Waals surface area contributed by atoms with E-state index in [1.807, 2.05) is 0 Å². The van der Waals surface area contributed by atoms with Crippen molar-refractivity contribution < 1.29 is 23.9 Å². The van der Waals surface area contributed by atoms with Gasteiger partial charge in [0.15, 0.2) is 6.61 Å². The molecule has 7 heteroatoms. The molecule has 1 heterocycles. The molecule has 15 heavy (non-hydrogen) atoms. The number of methoxy groups -OCH3 is 1. The van der Waals surface area contributed by atoms with E-state index in [1.54, 1.807) is 0 Å². The summed E-state index contributed by atoms with van der Waals surface area (Å²) in [5.41, 5.74) is 5.50. The number of nitrogens with zero attached hydrogens (tertiary/aromatic N) is 1. The number of esters is 1. The predicted molar refractivity (Wildman–Crippen MR) is 47.6 cm³/mol. The van der Waals surface area contributed by atoms with Crippen LogP contribution in [0.15, 0.2) is 0 Å². The van der Waals surface area contributed by atoms with Gasteiger partial charge >= 0.3 is 12.1 Å². The maximum absolute atomic E-state index is 11.2. The molecule has 0 aliphatic carbocycles. The van der Waals surface area contributed by atoms with Crippen molar-refractivity contribution in [2.24, 2.45) is 5.73 Å². The number of carbonyl (C=O) groups excluding carboxylic acids is 3. The van der Waals surface area contributed by atoms with E-state index in [0.717, 1.165) is 4.90 Å². The molecule has 0 aromatic carbocycles. The van der Waals surface area contributed by atoms with E-state index in [-0.39, 0.29) is 6.61 Å². The zero-order valence-corrected chi connectivity index (χ0v) is 8.43. The molecule has 0 aromatic rings. The Morgan fingerprint density at radius 2 is 2.20 bits per heavy atom. The van der Waals surface area contributed by atoms with Crippen LogP contribution in [0.5, 0.6) is 0 Å². The van der Waals surface area contributed by atoms with Gasteiger partial charge in [0.05, 0.1) is 13.2 Å². The van der Waals surface area contributed by atoms with Gasteiger partial charge in [0.2, 0.25) is 0 Å². The number of amides is 2. The summed E-state index contributed by atoms with van der Waals surface area (Å²) in [7, 11) is 1.18. The van der Waals surface area contributed by atoms with Crippen molar-refractivity contribution in [2.75, 3.05) is 13.7 Å². The number of carbonyl (C=O) groups is 3. The molecule has 84 valence electrons. The Bertz CT molecular complexity index is 287. The highest BCUT2D eigenvalue weighted by molar-refractivity contribution is 5.98. The van der Waals surface area contributed by atoms with Crippen LogP contribution in [0.3, 0.4) is 0 Å². The first-order valence-corrected chi connectivity index (χ1v) is 4.31. The van der Waals surface area contributed by atoms with Crippen LogP contribution in [-0.2, 0) is 19.1 Å². The average Bonchev–Trinajstić information content (AvgIpc) is 2.55. The summed E-state index contributed by atoms with van der Waals surface area (Å²) in [6.45, 7) is 1.17. The minimum atomic E-state index is -1.07. The maximum Gasteiger partial charge on any atom is 0.417 e. The standard InChI is InChI=1S/C8H12N2O5/c1-4(6(9)7(12)14-2)10-5(11)3-15-8(10)13/h4,6H,3,9H2,1-2H3/t4-,6-/m0/s1. The van der Waals surface area contributed by atoms with Crippen molar-refractivity contribution in [3.63, 3.8) is 0 Å². The molecule has 1 saturated heterocycles. The Balaban J connectivity index is 2.75. The fourth-order valence-corrected chi connectivity index (χ4v) is 1.25. The molecule has 0 aromatic heterocycles. The normalized spacial score (nSPS) is 19.8. The lowest BCUT2D eigenvalue weighted by atomic mass is 10.1. The van der Waals surface area contributed by atoms with E-state index in [4.69, 9.17) is 5.73 Å². The highest BCUT2D eigenvalue weighted by Crippen LogP contribution is 2.12. The smallest absolute Gasteiger partial charge is 0.417 e. The van der Waals surface area contributed by atoms with Crippen LogP contribution in [0.4, 0.5) is 4.79 Å². The lowest BCUT2D eigenvalue weighted by Gasteiger charge is -2.23. The topological polar surface area (TPSA) is 98.9 Å². The number of cyclic esters (lactones) is 1. The highest BCUT2D eigenvalue weighted by Gasteiger charge is 2.39. The zero-order valence-electron chi connectivity index (χ0n) is 8.43. The van der Waals surface area contributed by atoms with Gasteiger partial charge in [0.1, 0.15) is 6.04 Å². The summed E-state index contributed by atoms with van der Waals surface area (Å²) in [6, 6.07) is -1.84. The van der Waals surface area contributed by atoms with Gasteiger partial charge < -0.3 is 15.2 Å². The zero-order chi connectivity index (χ0) is 11.6. The maximum atomic E-state index is 11.2. The first-order valence-electron chi connectivity index (χ1n) is 4.31. The van der Waals surface area contributed by atoms with Gasteiger partial charge in [-0.15, -0.1) is 0 Å². The summed E-state index contributed by atoms with van der Waals surface area (Å²) in [4.78, 5) is 34.2. The van der Waals surface area contributed by atoms with E-state index < -0.39 is 30.1 Å². The molecule has 0 radical (unpaired) electrons. The molecule has 2 N–H and O–H groups in total. The number of imide groups is 1. The second kappa shape index (κ2) is 4.26. The number of hydrogen-bond donors (Lipinski definition) is 1. The first-order chi connectivity index (χ1) is 6.99. The van der Waals surface area contributed by atoms with Gasteiger partial charge in [-0.05, 0) is 6.92 Å². The summed E-state index contributed by atoms with van der Waals surface area (Å²) in [5.74, 6) is -1.19. The van der Waals surface area contributed by atoms with Crippen LogP contribution >= 0.6 is 0 Å². The van der Waals surface area contributed by atoms with Crippen molar-refractivity contribution in [1.82, 2.24) is 4.90 Å². The Kier molecular flexibility index (Phi) is 3.25. The third-order valence-corrected chi connectivity index (χ3v) is 2.18. The van der Waals surface area contributed by atoms with Crippen molar-refractivity contribution in [1.29, 1.82) is 0 Å². The van der Waals surface area contributed by atoms with E-state index in [2.05, 4.69) is 9.47 Å². The minimum absolute atomic E-state index is 0.308. The second-order valence-corrected chi connectivity index (χ2v) is 3.11. The van der Waals surface area contributed by atoms with Gasteiger partial charge in [-0.1, -0.05) is 0 Å². The van der Waals surface area contributed by atoms with Gasteiger partial charge in [0, 0.05) is 0 Å². The molecular weight excluding hydrogens is 204 g/mol. The van der Waals surface area contributed by atoms with Crippen molar-refractivity contribution >= 4 is 18.0 Å². The third kappa shape index (κ3) is 2.07. The summed E-state index contributed by atoms with van der Waals surface area (Å²) >= 11 is 0. The number of ether oxygens (including phenoxy) is 2. The first kappa shape index (κ1) is 11.4. The largest absolute Gasteiger partial charge is 0.468 e. The van der Waals surface area contributed by atoms with E-state index >= 15 is 0 Å². The molecule has 1 aliphatic heterocycles. The van der Waals surface area contributed by atoms with Crippen LogP contribution in [0.1, 0.15) is 6.92 Å². The number of nitrogens with two attached hydrogens (primary N) is 1. The summed E-state index contributed by atoms with van der Waals surface area (Å²) in [6.07, 6.45) is -0.785. The second-order valence-electron chi connectivity index (χ2n) is 3.11. The van der Waals surface area contributed by atoms with Crippen molar-refractivity contribution in [3.05, 3.63) is 0 Å². The molecule has 1 rings (SSSR count). The lowest BCUT2D eigenvalue weighted by Crippen LogP contribution is -2.52. The Hall–Kier alpha value is -1.63. The van der Waals surface area contributed by atoms with Gasteiger partial charge in [-0.2, -0.15) is 0 Å². The molecule has 0 spiro atoms. The van der Waals surface area contributed by atoms with Gasteiger partial charge in [0.25, 0.3) is 5.91 Å². The molecular formula is C8H12N2O5. The van der Waals surface area contributed by atoms with Crippen LogP contribution in [-0.4, -0.2) is 48.7 Å². The minimum Gasteiger partial charge on any atom is -0.468 e. The molecule has 0 bridgehead atoms. The van der Waals surface area contributed by atoms with Gasteiger partial charge in [-0.25, -0.2) is 9.69 Å². The molecule has 2 atom stereocenters. The summed E-state index contributed by atoms with van der Waals surface area (Å²) in [5, 5.41) is 0. The van der Waals surface area contributed by atoms with Gasteiger partial charge in [-0.3, -0.25) is 9.59 Å². The monoisotopic (exact) mass is 216 g/mol. The molecule has 2 amide bonds. The van der Waals surface area contributed by atoms with E-state index in [0.29, 0.717) is 0 Å². The Labute approximate surface area is 86.1 Å². The van der Waals surface area contributed by atoms with Crippen LogP contribution in [0, 0.1) is 0 Å². The van der Waals surface area contributed by atoms with Crippen LogP contribution < -0.4 is 5.73 Å². The third-order valence-electron chi connectivity index (χ3n) is 2.18. The number of rotatable bonds is 3. The fourth-order valence-electron chi connectivity index (χ4n) is 1.25. The van der Waals surface area contributed by atoms with Crippen LogP contribution in [0.2, 0.25) is 0 Å². The Morgan fingerprint density at radius 1 is 1.60 bits per heavy atom. The lowest BCUT2D eigenvalue weighted by molar-refractivity contribution is -0.144. The van der Waals surface area contributed by atoms with E-state index in [1.165, 1.54) is 14.0 Å². The SMILES string of the molecule is COC(=O)[C@@H](N)[C@H](C)N1C(=O)COC1=O.